The Hall–Kier alpha value is -3.98. The summed E-state index contributed by atoms with van der Waals surface area (Å²) in [5.74, 6) is 0.404. The maximum atomic E-state index is 11.9. The van der Waals surface area contributed by atoms with Crippen molar-refractivity contribution in [2.75, 3.05) is 23.3 Å². The molecule has 1 fully saturated rings. The summed E-state index contributed by atoms with van der Waals surface area (Å²) in [6.45, 7) is 15.1. The van der Waals surface area contributed by atoms with Crippen molar-refractivity contribution < 1.29 is 4.79 Å². The molecule has 6 heteroatoms. The standard InChI is InChI=1S/C27H27N5O/c1-4-25(33)15-20-13-21(16-23(14-20)28-3)26-19(2)18-29-27(31-26)30-22-9-8-10-24(17-22)32-11-6-5-7-12-32/h4,8-10,13-14,16-18H,1,5-7,11-12,15H2,2H3,(H,29,30,31). The Kier molecular flexibility index (Phi) is 6.80. The number of rotatable bonds is 7. The number of ketones is 1. The van der Waals surface area contributed by atoms with Gasteiger partial charge in [0, 0.05) is 37.1 Å². The summed E-state index contributed by atoms with van der Waals surface area (Å²) in [5.41, 5.74) is 5.79. The van der Waals surface area contributed by atoms with Crippen LogP contribution < -0.4 is 10.2 Å². The van der Waals surface area contributed by atoms with E-state index in [0.717, 1.165) is 41.2 Å². The summed E-state index contributed by atoms with van der Waals surface area (Å²) in [6.07, 6.45) is 7.04. The van der Waals surface area contributed by atoms with Gasteiger partial charge in [-0.2, -0.15) is 0 Å². The molecule has 2 aromatic carbocycles. The Morgan fingerprint density at radius 3 is 2.79 bits per heavy atom. The molecule has 3 aromatic rings. The average molecular weight is 438 g/mol. The smallest absolute Gasteiger partial charge is 0.227 e. The number of carbonyl (C=O) groups is 1. The number of aromatic nitrogens is 2. The highest BCUT2D eigenvalue weighted by molar-refractivity contribution is 5.91. The lowest BCUT2D eigenvalue weighted by Gasteiger charge is -2.29. The van der Waals surface area contributed by atoms with Gasteiger partial charge in [0.05, 0.1) is 12.3 Å². The largest absolute Gasteiger partial charge is 0.371 e. The topological polar surface area (TPSA) is 62.5 Å². The molecular weight excluding hydrogens is 410 g/mol. The molecule has 6 nitrogen and oxygen atoms in total. The fraction of sp³-hybridized carbons (Fsp3) is 0.259. The van der Waals surface area contributed by atoms with Gasteiger partial charge in [0.15, 0.2) is 11.5 Å². The van der Waals surface area contributed by atoms with Gasteiger partial charge in [-0.1, -0.05) is 30.3 Å². The van der Waals surface area contributed by atoms with Crippen LogP contribution in [0.5, 0.6) is 0 Å². The predicted molar refractivity (Wildman–Crippen MR) is 133 cm³/mol. The summed E-state index contributed by atoms with van der Waals surface area (Å²) in [6, 6.07) is 13.8. The molecule has 166 valence electrons. The second-order valence-corrected chi connectivity index (χ2v) is 8.30. The summed E-state index contributed by atoms with van der Waals surface area (Å²) in [7, 11) is 0. The van der Waals surface area contributed by atoms with Crippen LogP contribution in [0.25, 0.3) is 16.1 Å². The SMILES string of the molecule is [C-]#[N+]c1cc(CC(=O)C=C)cc(-c2nc(Nc3cccc(N4CCCCC4)c3)ncc2C)c1. The minimum atomic E-state index is -0.0848. The van der Waals surface area contributed by atoms with Crippen molar-refractivity contribution in [3.05, 3.63) is 83.9 Å². The molecule has 0 bridgehead atoms. The van der Waals surface area contributed by atoms with E-state index in [1.807, 2.05) is 25.1 Å². The molecule has 0 amide bonds. The van der Waals surface area contributed by atoms with Crippen LogP contribution >= 0.6 is 0 Å². The number of nitrogens with zero attached hydrogens (tertiary/aromatic N) is 4. The number of piperidine rings is 1. The Labute approximate surface area is 194 Å². The summed E-state index contributed by atoms with van der Waals surface area (Å²) in [5, 5.41) is 3.33. The molecule has 1 aliphatic heterocycles. The summed E-state index contributed by atoms with van der Waals surface area (Å²) >= 11 is 0. The highest BCUT2D eigenvalue weighted by Gasteiger charge is 2.13. The van der Waals surface area contributed by atoms with Crippen molar-refractivity contribution in [2.45, 2.75) is 32.6 Å². The van der Waals surface area contributed by atoms with Crippen LogP contribution in [0.1, 0.15) is 30.4 Å². The second-order valence-electron chi connectivity index (χ2n) is 8.30. The molecule has 0 radical (unpaired) electrons. The Bertz CT molecular complexity index is 1220. The number of allylic oxidation sites excluding steroid dienone is 1. The molecule has 1 aliphatic rings. The van der Waals surface area contributed by atoms with Crippen LogP contribution in [0.15, 0.2) is 61.3 Å². The van der Waals surface area contributed by atoms with E-state index < -0.39 is 0 Å². The molecule has 0 unspecified atom stereocenters. The fourth-order valence-corrected chi connectivity index (χ4v) is 4.11. The zero-order chi connectivity index (χ0) is 23.2. The van der Waals surface area contributed by atoms with E-state index in [2.05, 4.69) is 38.8 Å². The third-order valence-corrected chi connectivity index (χ3v) is 5.78. The minimum absolute atomic E-state index is 0.0848. The van der Waals surface area contributed by atoms with Crippen molar-refractivity contribution >= 4 is 28.8 Å². The number of carbonyl (C=O) groups excluding carboxylic acids is 1. The molecule has 0 aliphatic carbocycles. The van der Waals surface area contributed by atoms with Crippen LogP contribution in [-0.2, 0) is 11.2 Å². The lowest BCUT2D eigenvalue weighted by Crippen LogP contribution is -2.29. The van der Waals surface area contributed by atoms with Gasteiger partial charge >= 0.3 is 0 Å². The fourth-order valence-electron chi connectivity index (χ4n) is 4.11. The van der Waals surface area contributed by atoms with Crippen molar-refractivity contribution in [2.24, 2.45) is 0 Å². The van der Waals surface area contributed by atoms with E-state index in [9.17, 15) is 4.79 Å². The average Bonchev–Trinajstić information content (AvgIpc) is 2.85. The van der Waals surface area contributed by atoms with Crippen molar-refractivity contribution in [1.82, 2.24) is 9.97 Å². The molecule has 1 saturated heterocycles. The molecule has 33 heavy (non-hydrogen) atoms. The van der Waals surface area contributed by atoms with Gasteiger partial charge in [0.25, 0.3) is 0 Å². The van der Waals surface area contributed by atoms with E-state index in [1.54, 1.807) is 18.3 Å². The van der Waals surface area contributed by atoms with E-state index >= 15 is 0 Å². The van der Waals surface area contributed by atoms with E-state index in [-0.39, 0.29) is 12.2 Å². The summed E-state index contributed by atoms with van der Waals surface area (Å²) in [4.78, 5) is 27.1. The molecule has 4 rings (SSSR count). The lowest BCUT2D eigenvalue weighted by atomic mass is 10.0. The van der Waals surface area contributed by atoms with Gasteiger partial charge in [0.1, 0.15) is 0 Å². The summed E-state index contributed by atoms with van der Waals surface area (Å²) < 4.78 is 0. The maximum absolute atomic E-state index is 11.9. The predicted octanol–water partition coefficient (Wildman–Crippen LogP) is 6.03. The van der Waals surface area contributed by atoms with E-state index in [1.165, 1.54) is 31.0 Å². The molecule has 0 saturated carbocycles. The van der Waals surface area contributed by atoms with E-state index in [4.69, 9.17) is 11.6 Å². The van der Waals surface area contributed by atoms with Crippen LogP contribution in [0, 0.1) is 13.5 Å². The Morgan fingerprint density at radius 2 is 2.03 bits per heavy atom. The molecular formula is C27H27N5O. The van der Waals surface area contributed by atoms with Gasteiger partial charge in [-0.05, 0) is 67.7 Å². The molecule has 0 atom stereocenters. The van der Waals surface area contributed by atoms with Gasteiger partial charge in [-0.3, -0.25) is 4.79 Å². The first-order valence-electron chi connectivity index (χ1n) is 11.2. The van der Waals surface area contributed by atoms with Crippen molar-refractivity contribution in [3.63, 3.8) is 0 Å². The lowest BCUT2D eigenvalue weighted by molar-refractivity contribution is -0.114. The Balaban J connectivity index is 1.63. The number of aryl methyl sites for hydroxylation is 1. The first-order chi connectivity index (χ1) is 16.1. The zero-order valence-corrected chi connectivity index (χ0v) is 18.8. The molecule has 2 heterocycles. The van der Waals surface area contributed by atoms with Gasteiger partial charge in [0.2, 0.25) is 5.95 Å². The van der Waals surface area contributed by atoms with Crippen LogP contribution in [0.2, 0.25) is 0 Å². The minimum Gasteiger partial charge on any atom is -0.371 e. The first-order valence-corrected chi connectivity index (χ1v) is 11.2. The third kappa shape index (κ3) is 5.45. The van der Waals surface area contributed by atoms with Gasteiger partial charge in [-0.25, -0.2) is 14.8 Å². The normalized spacial score (nSPS) is 13.3. The molecule has 1 aromatic heterocycles. The van der Waals surface area contributed by atoms with Crippen LogP contribution in [0.4, 0.5) is 23.0 Å². The monoisotopic (exact) mass is 437 g/mol. The second kappa shape index (κ2) is 10.1. The van der Waals surface area contributed by atoms with Crippen molar-refractivity contribution in [1.29, 1.82) is 0 Å². The molecule has 0 spiro atoms. The van der Waals surface area contributed by atoms with E-state index in [0.29, 0.717) is 11.6 Å². The van der Waals surface area contributed by atoms with Gasteiger partial charge < -0.3 is 10.2 Å². The third-order valence-electron chi connectivity index (χ3n) is 5.78. The first kappa shape index (κ1) is 22.2. The number of benzene rings is 2. The number of hydrogen-bond acceptors (Lipinski definition) is 5. The highest BCUT2D eigenvalue weighted by Crippen LogP contribution is 2.29. The highest BCUT2D eigenvalue weighted by atomic mass is 16.1. The number of nitrogens with one attached hydrogen (secondary N) is 1. The maximum Gasteiger partial charge on any atom is 0.227 e. The van der Waals surface area contributed by atoms with Crippen LogP contribution in [0.3, 0.4) is 0 Å². The Morgan fingerprint density at radius 1 is 1.21 bits per heavy atom. The number of hydrogen-bond donors (Lipinski definition) is 1. The number of anilines is 3. The van der Waals surface area contributed by atoms with Crippen molar-refractivity contribution in [3.8, 4) is 11.3 Å². The molecule has 1 N–H and O–H groups in total. The van der Waals surface area contributed by atoms with Gasteiger partial charge in [-0.15, -0.1) is 0 Å². The zero-order valence-electron chi connectivity index (χ0n) is 18.8. The van der Waals surface area contributed by atoms with Crippen LogP contribution in [-0.4, -0.2) is 28.8 Å². The quantitative estimate of drug-likeness (QED) is 0.361.